The summed E-state index contributed by atoms with van der Waals surface area (Å²) in [7, 11) is -3.94. The molecule has 4 N–H and O–H groups in total. The van der Waals surface area contributed by atoms with E-state index < -0.39 is 15.9 Å². The number of sulfonamides is 1. The zero-order valence-electron chi connectivity index (χ0n) is 8.65. The van der Waals surface area contributed by atoms with E-state index in [4.69, 9.17) is 5.14 Å². The van der Waals surface area contributed by atoms with Crippen molar-refractivity contribution < 1.29 is 13.2 Å². The Morgan fingerprint density at radius 2 is 2.19 bits per heavy atom. The van der Waals surface area contributed by atoms with Gasteiger partial charge in [0, 0.05) is 6.04 Å². The molecule has 1 aliphatic rings. The van der Waals surface area contributed by atoms with Crippen molar-refractivity contribution in [3.05, 3.63) is 11.4 Å². The molecule has 0 bridgehead atoms. The van der Waals surface area contributed by atoms with Crippen LogP contribution in [0.2, 0.25) is 0 Å². The lowest BCUT2D eigenvalue weighted by Gasteiger charge is -2.02. The van der Waals surface area contributed by atoms with Crippen LogP contribution in [-0.2, 0) is 10.0 Å². The summed E-state index contributed by atoms with van der Waals surface area (Å²) in [5.41, 5.74) is 0.107. The van der Waals surface area contributed by atoms with E-state index in [2.05, 4.69) is 15.5 Å². The molecule has 16 heavy (non-hydrogen) atoms. The number of hydrogen-bond donors (Lipinski definition) is 3. The number of nitrogens with one attached hydrogen (secondary N) is 2. The van der Waals surface area contributed by atoms with Crippen LogP contribution in [0.5, 0.6) is 0 Å². The lowest BCUT2D eigenvalue weighted by atomic mass is 10.3. The van der Waals surface area contributed by atoms with E-state index in [0.29, 0.717) is 0 Å². The molecule has 0 radical (unpaired) electrons. The monoisotopic (exact) mass is 244 g/mol. The minimum Gasteiger partial charge on any atom is -0.348 e. The van der Waals surface area contributed by atoms with Crippen LogP contribution in [0.1, 0.15) is 29.0 Å². The molecule has 88 valence electrons. The maximum Gasteiger partial charge on any atom is 0.273 e. The summed E-state index contributed by atoms with van der Waals surface area (Å²) in [4.78, 5) is 11.4. The predicted molar refractivity (Wildman–Crippen MR) is 55.2 cm³/mol. The van der Waals surface area contributed by atoms with E-state index >= 15 is 0 Å². The van der Waals surface area contributed by atoms with Crippen molar-refractivity contribution in [2.24, 2.45) is 5.14 Å². The average Bonchev–Trinajstić information content (AvgIpc) is 2.84. The van der Waals surface area contributed by atoms with Crippen molar-refractivity contribution in [3.8, 4) is 0 Å². The van der Waals surface area contributed by atoms with Gasteiger partial charge in [-0.15, -0.1) is 0 Å². The number of amides is 1. The Morgan fingerprint density at radius 1 is 1.56 bits per heavy atom. The topological polar surface area (TPSA) is 118 Å². The van der Waals surface area contributed by atoms with Gasteiger partial charge >= 0.3 is 0 Å². The highest BCUT2D eigenvalue weighted by molar-refractivity contribution is 7.89. The zero-order chi connectivity index (χ0) is 11.9. The first-order chi connectivity index (χ1) is 7.39. The van der Waals surface area contributed by atoms with Gasteiger partial charge in [-0.05, 0) is 19.8 Å². The smallest absolute Gasteiger partial charge is 0.273 e. The zero-order valence-corrected chi connectivity index (χ0v) is 9.47. The fraction of sp³-hybridized carbons (Fsp3) is 0.500. The normalized spacial score (nSPS) is 16.1. The van der Waals surface area contributed by atoms with Crippen LogP contribution in [0.15, 0.2) is 4.90 Å². The van der Waals surface area contributed by atoms with Gasteiger partial charge in [0.15, 0.2) is 5.69 Å². The van der Waals surface area contributed by atoms with Crippen LogP contribution in [0.3, 0.4) is 0 Å². The van der Waals surface area contributed by atoms with Gasteiger partial charge in [0.05, 0.1) is 5.69 Å². The summed E-state index contributed by atoms with van der Waals surface area (Å²) in [6, 6.07) is 0.137. The number of aryl methyl sites for hydroxylation is 1. The number of hydrogen-bond acceptors (Lipinski definition) is 4. The fourth-order valence-corrected chi connectivity index (χ4v) is 2.28. The predicted octanol–water partition coefficient (Wildman–Crippen LogP) is -0.742. The van der Waals surface area contributed by atoms with E-state index in [0.717, 1.165) is 12.8 Å². The molecule has 0 aliphatic heterocycles. The van der Waals surface area contributed by atoms with Gasteiger partial charge < -0.3 is 5.32 Å². The fourth-order valence-electron chi connectivity index (χ4n) is 1.40. The molecule has 0 unspecified atom stereocenters. The minimum atomic E-state index is -3.94. The molecule has 0 atom stereocenters. The molecule has 1 heterocycles. The number of nitrogens with zero attached hydrogens (tertiary/aromatic N) is 1. The lowest BCUT2D eigenvalue weighted by molar-refractivity contribution is 0.0942. The van der Waals surface area contributed by atoms with Crippen LogP contribution in [0.25, 0.3) is 0 Å². The Bertz CT molecular complexity index is 529. The third-order valence-electron chi connectivity index (χ3n) is 2.30. The largest absolute Gasteiger partial charge is 0.348 e. The molecule has 1 aliphatic carbocycles. The molecule has 1 aromatic rings. The second kappa shape index (κ2) is 3.56. The van der Waals surface area contributed by atoms with Crippen LogP contribution in [-0.4, -0.2) is 30.6 Å². The summed E-state index contributed by atoms with van der Waals surface area (Å²) >= 11 is 0. The summed E-state index contributed by atoms with van der Waals surface area (Å²) in [5.74, 6) is -0.504. The van der Waals surface area contributed by atoms with Gasteiger partial charge in [0.2, 0.25) is 10.0 Å². The van der Waals surface area contributed by atoms with Gasteiger partial charge in [-0.2, -0.15) is 5.10 Å². The molecule has 8 heteroatoms. The van der Waals surface area contributed by atoms with Crippen LogP contribution < -0.4 is 10.5 Å². The van der Waals surface area contributed by atoms with E-state index in [1.807, 2.05) is 0 Å². The highest BCUT2D eigenvalue weighted by Gasteiger charge is 2.29. The highest BCUT2D eigenvalue weighted by atomic mass is 32.2. The molecule has 0 aromatic carbocycles. The first-order valence-electron chi connectivity index (χ1n) is 4.78. The Morgan fingerprint density at radius 3 is 2.69 bits per heavy atom. The quantitative estimate of drug-likeness (QED) is 0.648. The Labute approximate surface area is 92.5 Å². The van der Waals surface area contributed by atoms with Crippen molar-refractivity contribution >= 4 is 15.9 Å². The van der Waals surface area contributed by atoms with E-state index in [1.54, 1.807) is 0 Å². The Balaban J connectivity index is 2.37. The number of nitrogens with two attached hydrogens (primary N) is 1. The molecular weight excluding hydrogens is 232 g/mol. The SMILES string of the molecule is Cc1[nH]nc(C(=O)NC2CC2)c1S(N)(=O)=O. The summed E-state index contributed by atoms with van der Waals surface area (Å²) < 4.78 is 22.6. The standard InChI is InChI=1S/C8H12N4O3S/c1-4-7(16(9,14)15)6(12-11-4)8(13)10-5-2-3-5/h5H,2-3H2,1H3,(H,10,13)(H,11,12)(H2,9,14,15). The Hall–Kier alpha value is -1.41. The number of H-pyrrole nitrogens is 1. The maximum atomic E-state index is 11.7. The number of aromatic amines is 1. The summed E-state index contributed by atoms with van der Waals surface area (Å²) in [6.45, 7) is 1.50. The van der Waals surface area contributed by atoms with Crippen LogP contribution in [0, 0.1) is 6.92 Å². The maximum absolute atomic E-state index is 11.7. The number of rotatable bonds is 3. The molecular formula is C8H12N4O3S. The number of carbonyl (C=O) groups excluding carboxylic acids is 1. The molecule has 7 nitrogen and oxygen atoms in total. The third kappa shape index (κ3) is 2.07. The molecule has 1 aromatic heterocycles. The van der Waals surface area contributed by atoms with Gasteiger partial charge in [0.1, 0.15) is 4.90 Å². The van der Waals surface area contributed by atoms with Crippen molar-refractivity contribution in [2.75, 3.05) is 0 Å². The number of primary sulfonamides is 1. The molecule has 0 saturated heterocycles. The van der Waals surface area contributed by atoms with Crippen molar-refractivity contribution in [1.29, 1.82) is 0 Å². The molecule has 1 fully saturated rings. The second-order valence-electron chi connectivity index (χ2n) is 3.82. The van der Waals surface area contributed by atoms with Gasteiger partial charge in [-0.1, -0.05) is 0 Å². The Kier molecular flexibility index (Phi) is 2.47. The summed E-state index contributed by atoms with van der Waals surface area (Å²) in [5, 5.41) is 13.8. The number of aromatic nitrogens is 2. The molecule has 0 spiro atoms. The van der Waals surface area contributed by atoms with E-state index in [-0.39, 0.29) is 22.3 Å². The van der Waals surface area contributed by atoms with Crippen molar-refractivity contribution in [1.82, 2.24) is 15.5 Å². The van der Waals surface area contributed by atoms with Gasteiger partial charge in [0.25, 0.3) is 5.91 Å². The molecule has 1 amide bonds. The van der Waals surface area contributed by atoms with Crippen molar-refractivity contribution in [2.45, 2.75) is 30.7 Å². The van der Waals surface area contributed by atoms with Gasteiger partial charge in [-0.25, -0.2) is 13.6 Å². The van der Waals surface area contributed by atoms with Gasteiger partial charge in [-0.3, -0.25) is 9.89 Å². The molecule has 1 saturated carbocycles. The highest BCUT2D eigenvalue weighted by Crippen LogP contribution is 2.21. The van der Waals surface area contributed by atoms with Crippen molar-refractivity contribution in [3.63, 3.8) is 0 Å². The van der Waals surface area contributed by atoms with Crippen LogP contribution in [0.4, 0.5) is 0 Å². The second-order valence-corrected chi connectivity index (χ2v) is 5.32. The third-order valence-corrected chi connectivity index (χ3v) is 3.37. The van der Waals surface area contributed by atoms with Crippen LogP contribution >= 0.6 is 0 Å². The molecule has 2 rings (SSSR count). The number of carbonyl (C=O) groups is 1. The van der Waals surface area contributed by atoms with E-state index in [9.17, 15) is 13.2 Å². The first-order valence-corrected chi connectivity index (χ1v) is 6.33. The average molecular weight is 244 g/mol. The summed E-state index contributed by atoms with van der Waals surface area (Å²) in [6.07, 6.45) is 1.83. The van der Waals surface area contributed by atoms with E-state index in [1.165, 1.54) is 6.92 Å². The first kappa shape index (κ1) is 11.1. The lowest BCUT2D eigenvalue weighted by Crippen LogP contribution is -2.28. The minimum absolute atomic E-state index is 0.137.